The predicted octanol–water partition coefficient (Wildman–Crippen LogP) is 2.35. The van der Waals surface area contributed by atoms with E-state index in [-0.39, 0.29) is 11.1 Å². The molecule has 0 bridgehead atoms. The van der Waals surface area contributed by atoms with Crippen LogP contribution in [0.5, 0.6) is 0 Å². The van der Waals surface area contributed by atoms with Crippen molar-refractivity contribution in [2.45, 2.75) is 64.1 Å². The van der Waals surface area contributed by atoms with Gasteiger partial charge >= 0.3 is 0 Å². The number of nitrogens with one attached hydrogen (secondary N) is 1. The molecule has 0 aromatic rings. The number of methoxy groups -OCH3 is 1. The van der Waals surface area contributed by atoms with E-state index in [1.807, 2.05) is 0 Å². The van der Waals surface area contributed by atoms with Crippen molar-refractivity contribution in [2.24, 2.45) is 0 Å². The smallest absolute Gasteiger partial charge is 0.0609 e. The summed E-state index contributed by atoms with van der Waals surface area (Å²) in [5.41, 5.74) is 0.349. The van der Waals surface area contributed by atoms with Gasteiger partial charge in [0.15, 0.2) is 0 Å². The molecule has 1 N–H and O–H groups in total. The Balaban J connectivity index is 2.36. The zero-order valence-corrected chi connectivity index (χ0v) is 11.4. The van der Waals surface area contributed by atoms with Gasteiger partial charge in [0.1, 0.15) is 0 Å². The maximum absolute atomic E-state index is 5.94. The van der Waals surface area contributed by atoms with Crippen LogP contribution >= 0.6 is 0 Å². The van der Waals surface area contributed by atoms with Crippen LogP contribution in [-0.4, -0.2) is 37.5 Å². The van der Waals surface area contributed by atoms with Gasteiger partial charge in [-0.2, -0.15) is 0 Å². The first-order valence-corrected chi connectivity index (χ1v) is 6.24. The highest BCUT2D eigenvalue weighted by Gasteiger charge is 2.37. The first kappa shape index (κ1) is 13.9. The van der Waals surface area contributed by atoms with E-state index in [1.54, 1.807) is 7.11 Å². The Hall–Kier alpha value is -0.120. The van der Waals surface area contributed by atoms with E-state index < -0.39 is 0 Å². The molecule has 0 spiro atoms. The maximum Gasteiger partial charge on any atom is 0.0609 e. The van der Waals surface area contributed by atoms with Gasteiger partial charge in [-0.1, -0.05) is 0 Å². The van der Waals surface area contributed by atoms with Gasteiger partial charge in [0.25, 0.3) is 0 Å². The molecule has 1 aliphatic heterocycles. The van der Waals surface area contributed by atoms with Crippen molar-refractivity contribution in [1.82, 2.24) is 5.32 Å². The van der Waals surface area contributed by atoms with Crippen molar-refractivity contribution >= 4 is 0 Å². The van der Waals surface area contributed by atoms with E-state index in [1.165, 1.54) is 0 Å². The molecular weight excluding hydrogens is 202 g/mol. The lowest BCUT2D eigenvalue weighted by Gasteiger charge is -2.46. The molecule has 3 nitrogen and oxygen atoms in total. The van der Waals surface area contributed by atoms with Gasteiger partial charge in [0.2, 0.25) is 0 Å². The van der Waals surface area contributed by atoms with E-state index in [2.05, 4.69) is 33.0 Å². The highest BCUT2D eigenvalue weighted by Crippen LogP contribution is 2.30. The van der Waals surface area contributed by atoms with Gasteiger partial charge in [-0.3, -0.25) is 0 Å². The Morgan fingerprint density at radius 2 is 1.62 bits per heavy atom. The molecule has 3 heteroatoms. The van der Waals surface area contributed by atoms with Gasteiger partial charge in [-0.15, -0.1) is 0 Å². The summed E-state index contributed by atoms with van der Waals surface area (Å²) >= 11 is 0. The van der Waals surface area contributed by atoms with Crippen LogP contribution in [0, 0.1) is 0 Å². The fraction of sp³-hybridized carbons (Fsp3) is 1.00. The Labute approximate surface area is 99.9 Å². The fourth-order valence-electron chi connectivity index (χ4n) is 2.80. The van der Waals surface area contributed by atoms with E-state index in [4.69, 9.17) is 9.47 Å². The molecule has 0 amide bonds. The van der Waals surface area contributed by atoms with Crippen molar-refractivity contribution in [3.8, 4) is 0 Å². The minimum absolute atomic E-state index is 0.174. The average Bonchev–Trinajstić information content (AvgIpc) is 2.07. The van der Waals surface area contributed by atoms with Gasteiger partial charge in [-0.25, -0.2) is 0 Å². The van der Waals surface area contributed by atoms with Crippen LogP contribution in [0.3, 0.4) is 0 Å². The monoisotopic (exact) mass is 229 g/mol. The van der Waals surface area contributed by atoms with Gasteiger partial charge in [0.05, 0.1) is 6.10 Å². The van der Waals surface area contributed by atoms with Crippen LogP contribution in [0.4, 0.5) is 0 Å². The summed E-state index contributed by atoms with van der Waals surface area (Å²) in [7, 11) is 1.73. The molecule has 1 heterocycles. The number of hydrogen-bond donors (Lipinski definition) is 1. The third kappa shape index (κ3) is 4.81. The lowest BCUT2D eigenvalue weighted by Crippen LogP contribution is -2.59. The molecule has 1 aliphatic rings. The number of rotatable bonds is 5. The first-order chi connectivity index (χ1) is 7.35. The summed E-state index contributed by atoms with van der Waals surface area (Å²) < 4.78 is 11.0. The summed E-state index contributed by atoms with van der Waals surface area (Å²) in [4.78, 5) is 0. The van der Waals surface area contributed by atoms with Crippen molar-refractivity contribution in [1.29, 1.82) is 0 Å². The van der Waals surface area contributed by atoms with Crippen LogP contribution in [0.1, 0.15) is 47.0 Å². The van der Waals surface area contributed by atoms with Gasteiger partial charge in [0, 0.05) is 31.4 Å². The minimum Gasteiger partial charge on any atom is -0.385 e. The van der Waals surface area contributed by atoms with Crippen LogP contribution in [0.2, 0.25) is 0 Å². The van der Waals surface area contributed by atoms with E-state index >= 15 is 0 Å². The largest absolute Gasteiger partial charge is 0.385 e. The molecule has 0 atom stereocenters. The molecule has 0 saturated carbocycles. The predicted molar refractivity (Wildman–Crippen MR) is 66.8 cm³/mol. The second kappa shape index (κ2) is 5.48. The van der Waals surface area contributed by atoms with Crippen LogP contribution in [-0.2, 0) is 9.47 Å². The third-order valence-electron chi connectivity index (χ3n) is 3.00. The Morgan fingerprint density at radius 3 is 2.12 bits per heavy atom. The van der Waals surface area contributed by atoms with Gasteiger partial charge in [-0.05, 0) is 47.0 Å². The number of ether oxygens (including phenoxy) is 2. The first-order valence-electron chi connectivity index (χ1n) is 6.24. The molecule has 0 unspecified atom stereocenters. The molecule has 1 saturated heterocycles. The minimum atomic E-state index is 0.174. The Morgan fingerprint density at radius 1 is 1.06 bits per heavy atom. The van der Waals surface area contributed by atoms with Crippen LogP contribution < -0.4 is 5.32 Å². The molecular formula is C13H27NO2. The molecule has 1 fully saturated rings. The number of hydrogen-bond acceptors (Lipinski definition) is 3. The van der Waals surface area contributed by atoms with Crippen LogP contribution in [0.15, 0.2) is 0 Å². The van der Waals surface area contributed by atoms with Crippen LogP contribution in [0.25, 0.3) is 0 Å². The summed E-state index contributed by atoms with van der Waals surface area (Å²) in [6, 6.07) is 0. The van der Waals surface area contributed by atoms with Gasteiger partial charge < -0.3 is 14.8 Å². The average molecular weight is 229 g/mol. The van der Waals surface area contributed by atoms with E-state index in [9.17, 15) is 0 Å². The lowest BCUT2D eigenvalue weighted by atomic mass is 9.81. The Bertz CT molecular complexity index is 198. The summed E-state index contributed by atoms with van der Waals surface area (Å²) in [6.45, 7) is 10.6. The van der Waals surface area contributed by atoms with Crippen molar-refractivity contribution in [3.63, 3.8) is 0 Å². The molecule has 0 aromatic carbocycles. The summed E-state index contributed by atoms with van der Waals surface area (Å²) in [6.07, 6.45) is 3.54. The third-order valence-corrected chi connectivity index (χ3v) is 3.00. The van der Waals surface area contributed by atoms with Crippen molar-refractivity contribution < 1.29 is 9.47 Å². The molecule has 0 aliphatic carbocycles. The second-order valence-electron chi connectivity index (χ2n) is 6.14. The topological polar surface area (TPSA) is 30.5 Å². The lowest BCUT2D eigenvalue weighted by molar-refractivity contribution is -0.0267. The van der Waals surface area contributed by atoms with Crippen molar-refractivity contribution in [2.75, 3.05) is 20.3 Å². The number of piperidine rings is 1. The zero-order chi connectivity index (χ0) is 12.2. The van der Waals surface area contributed by atoms with E-state index in [0.717, 1.165) is 32.5 Å². The normalized spacial score (nSPS) is 24.6. The summed E-state index contributed by atoms with van der Waals surface area (Å²) in [5, 5.41) is 3.66. The molecule has 96 valence electrons. The Kier molecular flexibility index (Phi) is 4.77. The SMILES string of the molecule is COCCCOC1CC(C)(C)NC(C)(C)C1. The molecule has 0 radical (unpaired) electrons. The molecule has 16 heavy (non-hydrogen) atoms. The van der Waals surface area contributed by atoms with Crippen molar-refractivity contribution in [3.05, 3.63) is 0 Å². The molecule has 0 aromatic heterocycles. The molecule has 1 rings (SSSR count). The van der Waals surface area contributed by atoms with E-state index in [0.29, 0.717) is 6.10 Å². The highest BCUT2D eigenvalue weighted by molar-refractivity contribution is 4.97. The quantitative estimate of drug-likeness (QED) is 0.734. The maximum atomic E-state index is 5.94. The summed E-state index contributed by atoms with van der Waals surface area (Å²) in [5.74, 6) is 0. The highest BCUT2D eigenvalue weighted by atomic mass is 16.5. The fourth-order valence-corrected chi connectivity index (χ4v) is 2.80. The standard InChI is InChI=1S/C13H27NO2/c1-12(2)9-11(10-13(3,4)14-12)16-8-6-7-15-5/h11,14H,6-10H2,1-5H3. The second-order valence-corrected chi connectivity index (χ2v) is 6.14. The zero-order valence-electron chi connectivity index (χ0n) is 11.4.